The minimum atomic E-state index is -4.65. The summed E-state index contributed by atoms with van der Waals surface area (Å²) < 4.78 is 38.1. The van der Waals surface area contributed by atoms with Gasteiger partial charge in [0.15, 0.2) is 0 Å². The van der Waals surface area contributed by atoms with Gasteiger partial charge in [0.1, 0.15) is 17.7 Å². The topological polar surface area (TPSA) is 78.9 Å². The average Bonchev–Trinajstić information content (AvgIpc) is 3.21. The lowest BCUT2D eigenvalue weighted by atomic mass is 10.3. The van der Waals surface area contributed by atoms with Gasteiger partial charge in [-0.15, -0.1) is 0 Å². The third kappa shape index (κ3) is 4.20. The number of alkyl halides is 3. The van der Waals surface area contributed by atoms with Crippen LogP contribution in [0.4, 0.5) is 24.8 Å². The molecular formula is C12H16F3N5O. The van der Waals surface area contributed by atoms with Crippen molar-refractivity contribution in [1.29, 1.82) is 0 Å². The second-order valence-corrected chi connectivity index (χ2v) is 4.86. The summed E-state index contributed by atoms with van der Waals surface area (Å²) >= 11 is 0. The maximum Gasteiger partial charge on any atom is 0.451 e. The Morgan fingerprint density at radius 1 is 1.33 bits per heavy atom. The molecule has 0 aromatic carbocycles. The first-order valence-electron chi connectivity index (χ1n) is 6.50. The van der Waals surface area contributed by atoms with Gasteiger partial charge in [0.25, 0.3) is 0 Å². The second-order valence-electron chi connectivity index (χ2n) is 4.86. The Labute approximate surface area is 119 Å². The number of halogens is 3. The lowest BCUT2D eigenvalue weighted by Crippen LogP contribution is -2.39. The second kappa shape index (κ2) is 5.74. The van der Waals surface area contributed by atoms with E-state index in [4.69, 9.17) is 0 Å². The number of nitrogens with zero attached hydrogens (tertiary/aromatic N) is 2. The highest BCUT2D eigenvalue weighted by Gasteiger charge is 2.35. The fourth-order valence-corrected chi connectivity index (χ4v) is 1.62. The van der Waals surface area contributed by atoms with E-state index in [9.17, 15) is 18.0 Å². The van der Waals surface area contributed by atoms with Gasteiger partial charge >= 0.3 is 6.18 Å². The monoisotopic (exact) mass is 303 g/mol. The van der Waals surface area contributed by atoms with E-state index in [1.54, 1.807) is 6.92 Å². The van der Waals surface area contributed by atoms with E-state index in [1.165, 1.54) is 13.1 Å². The van der Waals surface area contributed by atoms with Gasteiger partial charge in [-0.1, -0.05) is 0 Å². The van der Waals surface area contributed by atoms with Gasteiger partial charge in [-0.05, 0) is 19.8 Å². The maximum absolute atomic E-state index is 12.7. The molecule has 9 heteroatoms. The molecule has 1 amide bonds. The van der Waals surface area contributed by atoms with Gasteiger partial charge in [-0.25, -0.2) is 9.97 Å². The van der Waals surface area contributed by atoms with Crippen LogP contribution in [0.15, 0.2) is 6.07 Å². The normalized spacial score (nSPS) is 16.2. The number of aromatic nitrogens is 2. The summed E-state index contributed by atoms with van der Waals surface area (Å²) in [5.41, 5.74) is 0. The molecule has 0 saturated heterocycles. The van der Waals surface area contributed by atoms with Crippen molar-refractivity contribution >= 4 is 17.5 Å². The van der Waals surface area contributed by atoms with Crippen LogP contribution in [0.1, 0.15) is 25.6 Å². The first kappa shape index (κ1) is 15.3. The van der Waals surface area contributed by atoms with E-state index in [0.717, 1.165) is 12.8 Å². The largest absolute Gasteiger partial charge is 0.451 e. The van der Waals surface area contributed by atoms with E-state index in [0.29, 0.717) is 0 Å². The van der Waals surface area contributed by atoms with Crippen molar-refractivity contribution in [2.24, 2.45) is 0 Å². The number of hydrogen-bond acceptors (Lipinski definition) is 5. The Bertz CT molecular complexity index is 530. The van der Waals surface area contributed by atoms with Gasteiger partial charge in [0.05, 0.1) is 0 Å². The number of amides is 1. The molecular weight excluding hydrogens is 287 g/mol. The Morgan fingerprint density at radius 3 is 2.48 bits per heavy atom. The van der Waals surface area contributed by atoms with Crippen molar-refractivity contribution in [2.75, 3.05) is 17.7 Å². The standard InChI is InChI=1S/C12H16F3N5O/c1-6(10(21)18-7-3-4-7)17-9-5-8(16-2)19-11(20-9)12(13,14)15/h5-7H,3-4H2,1-2H3,(H,18,21)(H2,16,17,19,20). The lowest BCUT2D eigenvalue weighted by Gasteiger charge is -2.16. The Kier molecular flexibility index (Phi) is 4.19. The summed E-state index contributed by atoms with van der Waals surface area (Å²) in [7, 11) is 1.45. The molecule has 1 aliphatic carbocycles. The Balaban J connectivity index is 2.12. The van der Waals surface area contributed by atoms with Crippen LogP contribution in [0.5, 0.6) is 0 Å². The Morgan fingerprint density at radius 2 is 1.95 bits per heavy atom. The van der Waals surface area contributed by atoms with Gasteiger partial charge in [0.2, 0.25) is 11.7 Å². The number of rotatable bonds is 5. The van der Waals surface area contributed by atoms with E-state index in [2.05, 4.69) is 25.9 Å². The quantitative estimate of drug-likeness (QED) is 0.770. The lowest BCUT2D eigenvalue weighted by molar-refractivity contribution is -0.144. The summed E-state index contributed by atoms with van der Waals surface area (Å²) in [5.74, 6) is -1.56. The molecule has 1 atom stereocenters. The minimum absolute atomic E-state index is 0.0228. The molecule has 1 aliphatic rings. The van der Waals surface area contributed by atoms with E-state index in [-0.39, 0.29) is 23.6 Å². The molecule has 1 fully saturated rings. The summed E-state index contributed by atoms with van der Waals surface area (Å²) in [6.07, 6.45) is -2.77. The van der Waals surface area contributed by atoms with Crippen LogP contribution in [-0.4, -0.2) is 35.0 Å². The number of anilines is 2. The van der Waals surface area contributed by atoms with Crippen LogP contribution < -0.4 is 16.0 Å². The fraction of sp³-hybridized carbons (Fsp3) is 0.583. The van der Waals surface area contributed by atoms with Crippen molar-refractivity contribution in [3.63, 3.8) is 0 Å². The van der Waals surface area contributed by atoms with Crippen LogP contribution in [0.2, 0.25) is 0 Å². The van der Waals surface area contributed by atoms with Crippen molar-refractivity contribution in [1.82, 2.24) is 15.3 Å². The van der Waals surface area contributed by atoms with E-state index >= 15 is 0 Å². The molecule has 21 heavy (non-hydrogen) atoms. The van der Waals surface area contributed by atoms with Crippen molar-refractivity contribution < 1.29 is 18.0 Å². The van der Waals surface area contributed by atoms with Crippen molar-refractivity contribution in [3.05, 3.63) is 11.9 Å². The van der Waals surface area contributed by atoms with Crippen LogP contribution in [0.25, 0.3) is 0 Å². The average molecular weight is 303 g/mol. The zero-order valence-electron chi connectivity index (χ0n) is 11.6. The summed E-state index contributed by atoms with van der Waals surface area (Å²) in [6.45, 7) is 1.56. The predicted molar refractivity (Wildman–Crippen MR) is 70.8 cm³/mol. The molecule has 0 radical (unpaired) electrons. The molecule has 2 rings (SSSR count). The molecule has 0 bridgehead atoms. The molecule has 1 aromatic heterocycles. The Hall–Kier alpha value is -2.06. The number of carbonyl (C=O) groups excluding carboxylic acids is 1. The maximum atomic E-state index is 12.7. The highest BCUT2D eigenvalue weighted by Crippen LogP contribution is 2.28. The molecule has 1 aromatic rings. The van der Waals surface area contributed by atoms with E-state index in [1.807, 2.05) is 0 Å². The molecule has 116 valence electrons. The van der Waals surface area contributed by atoms with Gasteiger partial charge in [0, 0.05) is 19.2 Å². The molecule has 1 unspecified atom stereocenters. The third-order valence-electron chi connectivity index (χ3n) is 2.92. The third-order valence-corrected chi connectivity index (χ3v) is 2.92. The fourth-order valence-electron chi connectivity index (χ4n) is 1.62. The molecule has 1 heterocycles. The summed E-state index contributed by atoms with van der Waals surface area (Å²) in [5, 5.41) is 7.96. The molecule has 6 nitrogen and oxygen atoms in total. The molecule has 0 spiro atoms. The van der Waals surface area contributed by atoms with Crippen LogP contribution in [0, 0.1) is 0 Å². The number of nitrogens with one attached hydrogen (secondary N) is 3. The molecule has 0 aliphatic heterocycles. The van der Waals surface area contributed by atoms with Crippen LogP contribution >= 0.6 is 0 Å². The smallest absolute Gasteiger partial charge is 0.373 e. The summed E-state index contributed by atoms with van der Waals surface area (Å²) in [4.78, 5) is 18.5. The zero-order valence-corrected chi connectivity index (χ0v) is 11.6. The van der Waals surface area contributed by atoms with Gasteiger partial charge in [-0.3, -0.25) is 4.79 Å². The molecule has 1 saturated carbocycles. The van der Waals surface area contributed by atoms with Crippen LogP contribution in [0.3, 0.4) is 0 Å². The highest BCUT2D eigenvalue weighted by molar-refractivity contribution is 5.84. The molecule has 3 N–H and O–H groups in total. The zero-order chi connectivity index (χ0) is 15.6. The van der Waals surface area contributed by atoms with Gasteiger partial charge < -0.3 is 16.0 Å². The minimum Gasteiger partial charge on any atom is -0.373 e. The number of carbonyl (C=O) groups is 1. The summed E-state index contributed by atoms with van der Waals surface area (Å²) in [6, 6.07) is 0.813. The first-order valence-corrected chi connectivity index (χ1v) is 6.50. The van der Waals surface area contributed by atoms with Crippen LogP contribution in [-0.2, 0) is 11.0 Å². The highest BCUT2D eigenvalue weighted by atomic mass is 19.4. The van der Waals surface area contributed by atoms with Crippen molar-refractivity contribution in [3.8, 4) is 0 Å². The predicted octanol–water partition coefficient (Wildman–Crippen LogP) is 1.62. The van der Waals surface area contributed by atoms with Crippen molar-refractivity contribution in [2.45, 2.75) is 38.0 Å². The van der Waals surface area contributed by atoms with Gasteiger partial charge in [-0.2, -0.15) is 13.2 Å². The SMILES string of the molecule is CNc1cc(NC(C)C(=O)NC2CC2)nc(C(F)(F)F)n1. The first-order chi connectivity index (χ1) is 9.79. The number of hydrogen-bond donors (Lipinski definition) is 3. The van der Waals surface area contributed by atoms with E-state index < -0.39 is 18.0 Å².